The highest BCUT2D eigenvalue weighted by Crippen LogP contribution is 2.31. The van der Waals surface area contributed by atoms with Gasteiger partial charge in [-0.2, -0.15) is 0 Å². The first-order valence-corrected chi connectivity index (χ1v) is 6.71. The van der Waals surface area contributed by atoms with Crippen LogP contribution in [0.4, 0.5) is 10.6 Å². The van der Waals surface area contributed by atoms with Crippen molar-refractivity contribution in [3.63, 3.8) is 0 Å². The molecule has 0 bridgehead atoms. The van der Waals surface area contributed by atoms with Crippen LogP contribution in [0.2, 0.25) is 5.15 Å². The minimum absolute atomic E-state index is 0.314. The number of aromatic nitrogens is 2. The third kappa shape index (κ3) is 4.35. The second kappa shape index (κ2) is 5.33. The Hall–Kier alpha value is -1.36. The first kappa shape index (κ1) is 14.1. The fourth-order valence-corrected chi connectivity index (χ4v) is 1.75. The molecule has 6 heteroatoms. The van der Waals surface area contributed by atoms with Gasteiger partial charge in [0, 0.05) is 12.6 Å². The van der Waals surface area contributed by atoms with Crippen molar-refractivity contribution in [3.05, 3.63) is 17.5 Å². The summed E-state index contributed by atoms with van der Waals surface area (Å²) in [6, 6.07) is 1.58. The van der Waals surface area contributed by atoms with Crippen LogP contribution in [0.15, 0.2) is 12.4 Å². The number of ether oxygens (including phenoxy) is 1. The zero-order valence-corrected chi connectivity index (χ0v) is 12.1. The van der Waals surface area contributed by atoms with E-state index in [4.69, 9.17) is 16.3 Å². The molecular formula is C13H18ClN3O2. The van der Waals surface area contributed by atoms with Crippen molar-refractivity contribution in [1.29, 1.82) is 0 Å². The molecule has 0 N–H and O–H groups in total. The van der Waals surface area contributed by atoms with E-state index in [9.17, 15) is 4.79 Å². The van der Waals surface area contributed by atoms with Crippen molar-refractivity contribution < 1.29 is 9.53 Å². The van der Waals surface area contributed by atoms with Crippen LogP contribution in [0.25, 0.3) is 0 Å². The number of rotatable bonds is 3. The summed E-state index contributed by atoms with van der Waals surface area (Å²) in [5.41, 5.74) is -0.532. The van der Waals surface area contributed by atoms with Crippen LogP contribution in [-0.2, 0) is 4.74 Å². The molecule has 0 aromatic carbocycles. The van der Waals surface area contributed by atoms with E-state index in [2.05, 4.69) is 9.97 Å². The summed E-state index contributed by atoms with van der Waals surface area (Å²) in [4.78, 5) is 21.7. The molecule has 5 nitrogen and oxygen atoms in total. The Labute approximate surface area is 117 Å². The Morgan fingerprint density at radius 2 is 2.16 bits per heavy atom. The predicted molar refractivity (Wildman–Crippen MR) is 73.3 cm³/mol. The van der Waals surface area contributed by atoms with Gasteiger partial charge in [0.15, 0.2) is 0 Å². The molecule has 1 saturated carbocycles. The van der Waals surface area contributed by atoms with E-state index in [1.807, 2.05) is 20.8 Å². The average molecular weight is 284 g/mol. The summed E-state index contributed by atoms with van der Waals surface area (Å²) >= 11 is 5.85. The number of carbonyl (C=O) groups is 1. The fraction of sp³-hybridized carbons (Fsp3) is 0.615. The van der Waals surface area contributed by atoms with Gasteiger partial charge in [0.25, 0.3) is 0 Å². The maximum atomic E-state index is 12.2. The van der Waals surface area contributed by atoms with Crippen molar-refractivity contribution in [2.24, 2.45) is 5.92 Å². The van der Waals surface area contributed by atoms with Crippen LogP contribution < -0.4 is 4.90 Å². The SMILES string of the molecule is CC(C)(C)OC(=O)N(CC1CC1)c1cc(Cl)ncn1. The molecule has 2 rings (SSSR count). The molecule has 0 unspecified atom stereocenters. The molecule has 19 heavy (non-hydrogen) atoms. The van der Waals surface area contributed by atoms with E-state index < -0.39 is 11.7 Å². The Morgan fingerprint density at radius 3 is 2.68 bits per heavy atom. The second-order valence-corrected chi connectivity index (χ2v) is 6.12. The van der Waals surface area contributed by atoms with Gasteiger partial charge in [0.2, 0.25) is 0 Å². The van der Waals surface area contributed by atoms with Crippen molar-refractivity contribution in [3.8, 4) is 0 Å². The number of anilines is 1. The van der Waals surface area contributed by atoms with Gasteiger partial charge in [-0.15, -0.1) is 0 Å². The minimum Gasteiger partial charge on any atom is -0.443 e. The molecule has 0 atom stereocenters. The average Bonchev–Trinajstić information content (AvgIpc) is 3.07. The summed E-state index contributed by atoms with van der Waals surface area (Å²) in [5, 5.41) is 0.314. The van der Waals surface area contributed by atoms with Gasteiger partial charge >= 0.3 is 6.09 Å². The van der Waals surface area contributed by atoms with Crippen molar-refractivity contribution >= 4 is 23.5 Å². The van der Waals surface area contributed by atoms with Gasteiger partial charge in [-0.05, 0) is 39.5 Å². The Morgan fingerprint density at radius 1 is 1.47 bits per heavy atom. The van der Waals surface area contributed by atoms with Gasteiger partial charge < -0.3 is 4.74 Å². The molecule has 1 fully saturated rings. The number of hydrogen-bond acceptors (Lipinski definition) is 4. The van der Waals surface area contributed by atoms with E-state index in [0.717, 1.165) is 12.8 Å². The molecule has 0 aliphatic heterocycles. The lowest BCUT2D eigenvalue weighted by atomic mass is 10.2. The molecule has 1 aliphatic rings. The molecule has 1 aromatic heterocycles. The minimum atomic E-state index is -0.532. The summed E-state index contributed by atoms with van der Waals surface area (Å²) in [6.07, 6.45) is 3.23. The second-order valence-electron chi connectivity index (χ2n) is 5.73. The number of nitrogens with zero attached hydrogens (tertiary/aromatic N) is 3. The lowest BCUT2D eigenvalue weighted by Crippen LogP contribution is -2.38. The van der Waals surface area contributed by atoms with Gasteiger partial charge in [-0.1, -0.05) is 11.6 Å². The van der Waals surface area contributed by atoms with Crippen molar-refractivity contribution in [2.75, 3.05) is 11.4 Å². The molecule has 1 amide bonds. The molecule has 0 saturated heterocycles. The molecular weight excluding hydrogens is 266 g/mol. The monoisotopic (exact) mass is 283 g/mol. The van der Waals surface area contributed by atoms with Crippen LogP contribution in [0.3, 0.4) is 0 Å². The van der Waals surface area contributed by atoms with Crippen LogP contribution in [0.5, 0.6) is 0 Å². The smallest absolute Gasteiger partial charge is 0.416 e. The van der Waals surface area contributed by atoms with E-state index in [1.54, 1.807) is 6.07 Å². The van der Waals surface area contributed by atoms with Gasteiger partial charge in [0.1, 0.15) is 22.9 Å². The van der Waals surface area contributed by atoms with Crippen LogP contribution in [0.1, 0.15) is 33.6 Å². The predicted octanol–water partition coefficient (Wildman–Crippen LogP) is 3.28. The van der Waals surface area contributed by atoms with Gasteiger partial charge in [-0.3, -0.25) is 4.90 Å². The van der Waals surface area contributed by atoms with Crippen LogP contribution >= 0.6 is 11.6 Å². The zero-order valence-electron chi connectivity index (χ0n) is 11.4. The third-order valence-corrected chi connectivity index (χ3v) is 2.85. The van der Waals surface area contributed by atoms with Crippen LogP contribution in [0, 0.1) is 5.92 Å². The topological polar surface area (TPSA) is 55.3 Å². The molecule has 0 spiro atoms. The Balaban J connectivity index is 2.17. The molecule has 1 heterocycles. The van der Waals surface area contributed by atoms with E-state index in [1.165, 1.54) is 11.2 Å². The molecule has 0 radical (unpaired) electrons. The summed E-state index contributed by atoms with van der Waals surface area (Å²) < 4.78 is 5.41. The van der Waals surface area contributed by atoms with Gasteiger partial charge in [-0.25, -0.2) is 14.8 Å². The summed E-state index contributed by atoms with van der Waals surface area (Å²) in [6.45, 7) is 6.13. The maximum absolute atomic E-state index is 12.2. The van der Waals surface area contributed by atoms with E-state index in [-0.39, 0.29) is 0 Å². The largest absolute Gasteiger partial charge is 0.443 e. The van der Waals surface area contributed by atoms with Crippen molar-refractivity contribution in [2.45, 2.75) is 39.2 Å². The number of amides is 1. The molecule has 104 valence electrons. The van der Waals surface area contributed by atoms with Crippen LogP contribution in [-0.4, -0.2) is 28.2 Å². The Bertz CT molecular complexity index is 469. The van der Waals surface area contributed by atoms with E-state index in [0.29, 0.717) is 23.4 Å². The lowest BCUT2D eigenvalue weighted by molar-refractivity contribution is 0.0577. The highest BCUT2D eigenvalue weighted by atomic mass is 35.5. The summed E-state index contributed by atoms with van der Waals surface area (Å²) in [5.74, 6) is 1.02. The molecule has 1 aromatic rings. The third-order valence-electron chi connectivity index (χ3n) is 2.65. The normalized spacial score (nSPS) is 15.2. The first-order valence-electron chi connectivity index (χ1n) is 6.33. The fourth-order valence-electron chi connectivity index (χ4n) is 1.61. The number of carbonyl (C=O) groups excluding carboxylic acids is 1. The lowest BCUT2D eigenvalue weighted by Gasteiger charge is -2.26. The zero-order chi connectivity index (χ0) is 14.0. The molecule has 1 aliphatic carbocycles. The highest BCUT2D eigenvalue weighted by molar-refractivity contribution is 6.29. The van der Waals surface area contributed by atoms with Crippen molar-refractivity contribution in [1.82, 2.24) is 9.97 Å². The van der Waals surface area contributed by atoms with E-state index >= 15 is 0 Å². The van der Waals surface area contributed by atoms with Gasteiger partial charge in [0.05, 0.1) is 0 Å². The summed E-state index contributed by atoms with van der Waals surface area (Å²) in [7, 11) is 0. The number of hydrogen-bond donors (Lipinski definition) is 0. The highest BCUT2D eigenvalue weighted by Gasteiger charge is 2.31. The number of halogens is 1. The Kier molecular flexibility index (Phi) is 3.94. The maximum Gasteiger partial charge on any atom is 0.416 e. The quantitative estimate of drug-likeness (QED) is 0.799. The standard InChI is InChI=1S/C13H18ClN3O2/c1-13(2,3)19-12(18)17(7-9-4-5-9)11-6-10(14)15-8-16-11/h6,8-9H,4-5,7H2,1-3H3. The first-order chi connectivity index (χ1) is 8.85.